The van der Waals surface area contributed by atoms with E-state index in [1.807, 2.05) is 17.5 Å². The topological polar surface area (TPSA) is 78.1 Å². The fourth-order valence-electron chi connectivity index (χ4n) is 1.70. The molecule has 21 heavy (non-hydrogen) atoms. The highest BCUT2D eigenvalue weighted by atomic mass is 32.1. The summed E-state index contributed by atoms with van der Waals surface area (Å²) in [4.78, 5) is 17.1. The molecular formula is C14H11N3O3S. The number of thiophene rings is 1. The molecule has 0 unspecified atom stereocenters. The van der Waals surface area contributed by atoms with Crippen LogP contribution in [0.15, 0.2) is 40.4 Å². The van der Waals surface area contributed by atoms with Crippen molar-refractivity contribution in [2.75, 3.05) is 0 Å². The van der Waals surface area contributed by atoms with Gasteiger partial charge in [0, 0.05) is 0 Å². The highest BCUT2D eigenvalue weighted by Gasteiger charge is 2.14. The summed E-state index contributed by atoms with van der Waals surface area (Å²) in [5.41, 5.74) is 0.957. The molecule has 0 amide bonds. The second-order valence-corrected chi connectivity index (χ2v) is 5.15. The Hall–Kier alpha value is -2.54. The molecule has 3 aromatic heterocycles. The number of hydrogen-bond acceptors (Lipinski definition) is 7. The van der Waals surface area contributed by atoms with E-state index in [4.69, 9.17) is 9.15 Å². The Balaban J connectivity index is 1.70. The van der Waals surface area contributed by atoms with Crippen LogP contribution in [-0.2, 0) is 11.3 Å². The van der Waals surface area contributed by atoms with Crippen LogP contribution in [0.1, 0.15) is 21.8 Å². The highest BCUT2D eigenvalue weighted by Crippen LogP contribution is 2.26. The minimum absolute atomic E-state index is 0.0574. The number of carbonyl (C=O) groups excluding carboxylic acids is 1. The van der Waals surface area contributed by atoms with Gasteiger partial charge in [-0.2, -0.15) is 10.2 Å². The monoisotopic (exact) mass is 301 g/mol. The quantitative estimate of drug-likeness (QED) is 0.689. The van der Waals surface area contributed by atoms with E-state index in [1.54, 1.807) is 24.3 Å². The second kappa shape index (κ2) is 5.84. The maximum atomic E-state index is 11.8. The smallest absolute Gasteiger partial charge is 0.340 e. The predicted octanol–water partition coefficient (Wildman–Crippen LogP) is 2.86. The van der Waals surface area contributed by atoms with E-state index in [9.17, 15) is 4.79 Å². The largest absolute Gasteiger partial charge is 0.455 e. The summed E-state index contributed by atoms with van der Waals surface area (Å²) < 4.78 is 10.8. The Kier molecular flexibility index (Phi) is 3.74. The molecule has 0 aromatic carbocycles. The van der Waals surface area contributed by atoms with Gasteiger partial charge >= 0.3 is 5.97 Å². The lowest BCUT2D eigenvalue weighted by Crippen LogP contribution is -2.06. The average Bonchev–Trinajstić information content (AvgIpc) is 3.15. The van der Waals surface area contributed by atoms with Gasteiger partial charge in [-0.3, -0.25) is 0 Å². The summed E-state index contributed by atoms with van der Waals surface area (Å²) in [5, 5.41) is 9.19. The zero-order chi connectivity index (χ0) is 14.7. The fraction of sp³-hybridized carbons (Fsp3) is 0.143. The van der Waals surface area contributed by atoms with Gasteiger partial charge in [0.1, 0.15) is 18.1 Å². The summed E-state index contributed by atoms with van der Waals surface area (Å²) in [6.45, 7) is 1.85. The van der Waals surface area contributed by atoms with Crippen molar-refractivity contribution in [1.82, 2.24) is 15.2 Å². The van der Waals surface area contributed by atoms with E-state index < -0.39 is 5.97 Å². The van der Waals surface area contributed by atoms with Crippen LogP contribution in [-0.4, -0.2) is 21.2 Å². The first-order valence-electron chi connectivity index (χ1n) is 6.18. The van der Waals surface area contributed by atoms with Crippen molar-refractivity contribution < 1.29 is 13.9 Å². The SMILES string of the molecule is Cc1oc(-c2cccs2)nc1COC(=O)c1ccnnc1. The van der Waals surface area contributed by atoms with Crippen LogP contribution in [0.4, 0.5) is 0 Å². The van der Waals surface area contributed by atoms with Gasteiger partial charge in [-0.15, -0.1) is 11.3 Å². The molecular weight excluding hydrogens is 290 g/mol. The lowest BCUT2D eigenvalue weighted by atomic mass is 10.3. The molecule has 0 atom stereocenters. The van der Waals surface area contributed by atoms with Gasteiger partial charge in [0.05, 0.1) is 22.8 Å². The Labute approximate surface area is 124 Å². The molecule has 0 spiro atoms. The Morgan fingerprint density at radius 2 is 2.29 bits per heavy atom. The summed E-state index contributed by atoms with van der Waals surface area (Å²) in [6.07, 6.45) is 2.79. The van der Waals surface area contributed by atoms with E-state index in [-0.39, 0.29) is 6.61 Å². The standard InChI is InChI=1S/C14H11N3O3S/c1-9-11(17-13(20-9)12-3-2-6-21-12)8-19-14(18)10-4-5-15-16-7-10/h2-7H,8H2,1H3. The number of aryl methyl sites for hydroxylation is 1. The van der Waals surface area contributed by atoms with Crippen LogP contribution in [0, 0.1) is 6.92 Å². The number of oxazole rings is 1. The maximum absolute atomic E-state index is 11.8. The first kappa shape index (κ1) is 13.4. The van der Waals surface area contributed by atoms with Gasteiger partial charge in [-0.25, -0.2) is 9.78 Å². The van der Waals surface area contributed by atoms with Crippen LogP contribution in [0.25, 0.3) is 10.8 Å². The molecule has 3 heterocycles. The molecule has 106 valence electrons. The minimum atomic E-state index is -0.468. The van der Waals surface area contributed by atoms with Crippen LogP contribution >= 0.6 is 11.3 Å². The Morgan fingerprint density at radius 1 is 1.38 bits per heavy atom. The minimum Gasteiger partial charge on any atom is -0.455 e. The maximum Gasteiger partial charge on any atom is 0.340 e. The number of nitrogens with zero attached hydrogens (tertiary/aromatic N) is 3. The number of aromatic nitrogens is 3. The van der Waals surface area contributed by atoms with Crippen molar-refractivity contribution in [2.24, 2.45) is 0 Å². The third-order valence-electron chi connectivity index (χ3n) is 2.78. The number of carbonyl (C=O) groups is 1. The van der Waals surface area contributed by atoms with Gasteiger partial charge in [0.25, 0.3) is 0 Å². The number of hydrogen-bond donors (Lipinski definition) is 0. The Bertz CT molecular complexity index is 738. The van der Waals surface area contributed by atoms with Gasteiger partial charge in [-0.1, -0.05) is 6.07 Å². The normalized spacial score (nSPS) is 10.5. The second-order valence-electron chi connectivity index (χ2n) is 4.21. The zero-order valence-electron chi connectivity index (χ0n) is 11.1. The molecule has 0 aliphatic rings. The van der Waals surface area contributed by atoms with E-state index in [1.165, 1.54) is 12.4 Å². The molecule has 0 aliphatic heterocycles. The molecule has 0 saturated carbocycles. The summed E-state index contributed by atoms with van der Waals surface area (Å²) >= 11 is 1.54. The number of esters is 1. The van der Waals surface area contributed by atoms with Crippen LogP contribution in [0.3, 0.4) is 0 Å². The average molecular weight is 301 g/mol. The van der Waals surface area contributed by atoms with E-state index >= 15 is 0 Å². The van der Waals surface area contributed by atoms with Crippen molar-refractivity contribution in [3.63, 3.8) is 0 Å². The highest BCUT2D eigenvalue weighted by molar-refractivity contribution is 7.13. The molecule has 0 saturated heterocycles. The van der Waals surface area contributed by atoms with E-state index in [0.717, 1.165) is 4.88 Å². The fourth-order valence-corrected chi connectivity index (χ4v) is 2.35. The molecule has 0 N–H and O–H groups in total. The number of ether oxygens (including phenoxy) is 1. The van der Waals surface area contributed by atoms with Gasteiger partial charge < -0.3 is 9.15 Å². The molecule has 0 fully saturated rings. The van der Waals surface area contributed by atoms with Crippen LogP contribution in [0.5, 0.6) is 0 Å². The summed E-state index contributed by atoms with van der Waals surface area (Å²) in [7, 11) is 0. The molecule has 7 heteroatoms. The predicted molar refractivity (Wildman–Crippen MR) is 75.7 cm³/mol. The first-order chi connectivity index (χ1) is 10.2. The summed E-state index contributed by atoms with van der Waals surface area (Å²) in [6, 6.07) is 5.39. The Morgan fingerprint density at radius 3 is 3.00 bits per heavy atom. The van der Waals surface area contributed by atoms with Crippen molar-refractivity contribution in [1.29, 1.82) is 0 Å². The molecule has 0 bridgehead atoms. The molecule has 3 rings (SSSR count). The molecule has 0 radical (unpaired) electrons. The van der Waals surface area contributed by atoms with E-state index in [2.05, 4.69) is 15.2 Å². The van der Waals surface area contributed by atoms with Gasteiger partial charge in [-0.05, 0) is 24.4 Å². The summed E-state index contributed by atoms with van der Waals surface area (Å²) in [5.74, 6) is 0.711. The number of rotatable bonds is 4. The van der Waals surface area contributed by atoms with Crippen LogP contribution in [0.2, 0.25) is 0 Å². The lowest BCUT2D eigenvalue weighted by Gasteiger charge is -2.01. The first-order valence-corrected chi connectivity index (χ1v) is 7.06. The van der Waals surface area contributed by atoms with Crippen LogP contribution < -0.4 is 0 Å². The molecule has 6 nitrogen and oxygen atoms in total. The van der Waals surface area contributed by atoms with Gasteiger partial charge in [0.2, 0.25) is 5.89 Å². The molecule has 3 aromatic rings. The third kappa shape index (κ3) is 2.97. The zero-order valence-corrected chi connectivity index (χ0v) is 12.0. The third-order valence-corrected chi connectivity index (χ3v) is 3.64. The van der Waals surface area contributed by atoms with E-state index in [0.29, 0.717) is 22.9 Å². The van der Waals surface area contributed by atoms with Gasteiger partial charge in [0.15, 0.2) is 0 Å². The van der Waals surface area contributed by atoms with Crippen molar-refractivity contribution in [3.05, 3.63) is 53.0 Å². The molecule has 0 aliphatic carbocycles. The van der Waals surface area contributed by atoms with Crippen molar-refractivity contribution in [2.45, 2.75) is 13.5 Å². The lowest BCUT2D eigenvalue weighted by molar-refractivity contribution is 0.0466. The van der Waals surface area contributed by atoms with Crippen molar-refractivity contribution >= 4 is 17.3 Å². The van der Waals surface area contributed by atoms with Crippen molar-refractivity contribution in [3.8, 4) is 10.8 Å².